The van der Waals surface area contributed by atoms with Gasteiger partial charge in [-0.25, -0.2) is 13.8 Å². The maximum absolute atomic E-state index is 14.6. The summed E-state index contributed by atoms with van der Waals surface area (Å²) in [7, 11) is 0. The third-order valence-electron chi connectivity index (χ3n) is 6.22. The number of pyridine rings is 1. The van der Waals surface area contributed by atoms with Gasteiger partial charge in [-0.05, 0) is 38.3 Å². The number of halogens is 3. The Labute approximate surface area is 228 Å². The van der Waals surface area contributed by atoms with Crippen molar-refractivity contribution in [1.82, 2.24) is 10.3 Å². The van der Waals surface area contributed by atoms with Crippen LogP contribution >= 0.6 is 11.6 Å². The Balaban J connectivity index is 1.35. The fourth-order valence-corrected chi connectivity index (χ4v) is 4.34. The van der Waals surface area contributed by atoms with Gasteiger partial charge in [-0.1, -0.05) is 11.6 Å². The van der Waals surface area contributed by atoms with Gasteiger partial charge in [-0.15, -0.1) is 0 Å². The lowest BCUT2D eigenvalue weighted by Gasteiger charge is -2.18. The highest BCUT2D eigenvalue weighted by atomic mass is 35.5. The standard InChI is InChI=1S/C25H29ClF2N4O7/c1-12(33)3-4-30-24(35)13-5-16(27)14(17(28)6-13)8-38-25-15(26)7-18(23(29-2)32-25)31-11-39-20-10-37-21-19(34)9-36-22(20)21/h5-7,12,19-22,31,33-34H,2-4,8-11H2,1H3,(H,30,35)/t12?,19-,20-,21?,22-/m1/s1. The molecule has 212 valence electrons. The molecule has 4 N–H and O–H groups in total. The molecule has 2 unspecified atom stereocenters. The topological polar surface area (TPSA) is 144 Å². The summed E-state index contributed by atoms with van der Waals surface area (Å²) in [6.45, 7) is 5.11. The second-order valence-corrected chi connectivity index (χ2v) is 9.50. The van der Waals surface area contributed by atoms with Crippen LogP contribution < -0.4 is 15.4 Å². The number of nitrogens with zero attached hydrogens (tertiary/aromatic N) is 2. The summed E-state index contributed by atoms with van der Waals surface area (Å²) in [6, 6.07) is 3.24. The van der Waals surface area contributed by atoms with E-state index >= 15 is 0 Å². The third-order valence-corrected chi connectivity index (χ3v) is 6.49. The van der Waals surface area contributed by atoms with Gasteiger partial charge in [0.2, 0.25) is 5.88 Å². The first-order valence-electron chi connectivity index (χ1n) is 12.2. The lowest BCUT2D eigenvalue weighted by molar-refractivity contribution is -0.0311. The van der Waals surface area contributed by atoms with Gasteiger partial charge in [0, 0.05) is 12.1 Å². The van der Waals surface area contributed by atoms with Crippen LogP contribution in [0.2, 0.25) is 5.02 Å². The van der Waals surface area contributed by atoms with Crippen molar-refractivity contribution in [3.8, 4) is 5.88 Å². The van der Waals surface area contributed by atoms with Crippen LogP contribution in [-0.4, -0.2) is 84.8 Å². The fraction of sp³-hybridized carbons (Fsp3) is 0.480. The molecule has 3 heterocycles. The third kappa shape index (κ3) is 6.99. The number of amides is 1. The summed E-state index contributed by atoms with van der Waals surface area (Å²) < 4.78 is 51.5. The molecule has 1 aromatic heterocycles. The largest absolute Gasteiger partial charge is 0.471 e. The predicted molar refractivity (Wildman–Crippen MR) is 137 cm³/mol. The Bertz CT molecular complexity index is 1180. The number of aliphatic hydroxyl groups is 2. The number of benzene rings is 1. The quantitative estimate of drug-likeness (QED) is 0.223. The number of aliphatic imine (C=N–C) groups is 1. The van der Waals surface area contributed by atoms with E-state index in [2.05, 4.69) is 27.3 Å². The summed E-state index contributed by atoms with van der Waals surface area (Å²) in [5.74, 6) is -2.67. The van der Waals surface area contributed by atoms with Crippen LogP contribution in [0, 0.1) is 11.6 Å². The number of anilines is 1. The average Bonchev–Trinajstić information content (AvgIpc) is 3.46. The van der Waals surface area contributed by atoms with Gasteiger partial charge in [-0.3, -0.25) is 4.79 Å². The molecule has 39 heavy (non-hydrogen) atoms. The maximum atomic E-state index is 14.6. The van der Waals surface area contributed by atoms with Gasteiger partial charge < -0.3 is 39.8 Å². The maximum Gasteiger partial charge on any atom is 0.251 e. The molecule has 4 rings (SSSR count). The van der Waals surface area contributed by atoms with Gasteiger partial charge >= 0.3 is 0 Å². The molecule has 0 aliphatic carbocycles. The van der Waals surface area contributed by atoms with E-state index in [0.717, 1.165) is 12.1 Å². The van der Waals surface area contributed by atoms with E-state index in [1.165, 1.54) is 6.07 Å². The average molecular weight is 571 g/mol. The predicted octanol–water partition coefficient (Wildman–Crippen LogP) is 2.34. The Morgan fingerprint density at radius 1 is 1.28 bits per heavy atom. The Hall–Kier alpha value is -2.94. The first-order chi connectivity index (χ1) is 18.7. The highest BCUT2D eigenvalue weighted by molar-refractivity contribution is 6.32. The molecule has 2 aliphatic rings. The molecule has 14 heteroatoms. The van der Waals surface area contributed by atoms with Crippen molar-refractivity contribution in [3.05, 3.63) is 46.0 Å². The van der Waals surface area contributed by atoms with Crippen LogP contribution in [0.25, 0.3) is 0 Å². The lowest BCUT2D eigenvalue weighted by Crippen LogP contribution is -2.33. The number of carbonyl (C=O) groups is 1. The van der Waals surface area contributed by atoms with Gasteiger partial charge in [-0.2, -0.15) is 4.98 Å². The minimum Gasteiger partial charge on any atom is -0.471 e. The summed E-state index contributed by atoms with van der Waals surface area (Å²) >= 11 is 6.28. The van der Waals surface area contributed by atoms with Crippen LogP contribution in [0.3, 0.4) is 0 Å². The molecule has 0 radical (unpaired) electrons. The van der Waals surface area contributed by atoms with E-state index in [1.807, 2.05) is 0 Å². The Morgan fingerprint density at radius 3 is 2.69 bits per heavy atom. The zero-order chi connectivity index (χ0) is 28.1. The van der Waals surface area contributed by atoms with Crippen LogP contribution in [0.1, 0.15) is 29.3 Å². The first-order valence-corrected chi connectivity index (χ1v) is 12.6. The highest BCUT2D eigenvalue weighted by Crippen LogP contribution is 2.34. The zero-order valence-corrected chi connectivity index (χ0v) is 21.8. The Morgan fingerprint density at radius 2 is 2.00 bits per heavy atom. The summed E-state index contributed by atoms with van der Waals surface area (Å²) in [5.41, 5.74) is -0.261. The molecule has 2 aliphatic heterocycles. The molecule has 0 bridgehead atoms. The minimum absolute atomic E-state index is 0.0206. The van der Waals surface area contributed by atoms with Crippen molar-refractivity contribution >= 4 is 35.7 Å². The number of carbonyl (C=O) groups excluding carboxylic acids is 1. The molecular formula is C25H29ClF2N4O7. The molecule has 0 spiro atoms. The number of ether oxygens (including phenoxy) is 4. The van der Waals surface area contributed by atoms with Crippen molar-refractivity contribution in [2.75, 3.05) is 31.8 Å². The van der Waals surface area contributed by atoms with E-state index in [4.69, 9.17) is 30.5 Å². The van der Waals surface area contributed by atoms with Gasteiger partial charge in [0.1, 0.15) is 54.4 Å². The van der Waals surface area contributed by atoms with Crippen molar-refractivity contribution in [2.45, 2.75) is 50.5 Å². The number of nitrogens with one attached hydrogen (secondary N) is 2. The molecule has 5 atom stereocenters. The van der Waals surface area contributed by atoms with Crippen LogP contribution in [0.4, 0.5) is 20.3 Å². The number of hydrogen-bond donors (Lipinski definition) is 4. The molecule has 2 fully saturated rings. The number of rotatable bonds is 12. The molecule has 2 aromatic rings. The van der Waals surface area contributed by atoms with Crippen molar-refractivity contribution in [3.63, 3.8) is 0 Å². The summed E-state index contributed by atoms with van der Waals surface area (Å²) in [5, 5.41) is 24.6. The highest BCUT2D eigenvalue weighted by Gasteiger charge is 2.47. The van der Waals surface area contributed by atoms with E-state index < -0.39 is 48.0 Å². The van der Waals surface area contributed by atoms with Crippen LogP contribution in [0.5, 0.6) is 5.88 Å². The first kappa shape index (κ1) is 29.1. The zero-order valence-electron chi connectivity index (χ0n) is 21.0. The number of aliphatic hydroxyl groups excluding tert-OH is 2. The van der Waals surface area contributed by atoms with Gasteiger partial charge in [0.25, 0.3) is 5.91 Å². The van der Waals surface area contributed by atoms with Gasteiger partial charge in [0.15, 0.2) is 5.82 Å². The van der Waals surface area contributed by atoms with Gasteiger partial charge in [0.05, 0.1) is 30.6 Å². The van der Waals surface area contributed by atoms with Crippen LogP contribution in [-0.2, 0) is 20.8 Å². The second-order valence-electron chi connectivity index (χ2n) is 9.09. The van der Waals surface area contributed by atoms with Crippen LogP contribution in [0.15, 0.2) is 23.2 Å². The summed E-state index contributed by atoms with van der Waals surface area (Å²) in [4.78, 5) is 20.1. The molecule has 11 nitrogen and oxygen atoms in total. The number of aromatic nitrogens is 1. The molecule has 1 aromatic carbocycles. The smallest absolute Gasteiger partial charge is 0.251 e. The normalized spacial score (nSPS) is 22.8. The fourth-order valence-electron chi connectivity index (χ4n) is 4.14. The van der Waals surface area contributed by atoms with Crippen molar-refractivity contribution in [1.29, 1.82) is 0 Å². The van der Waals surface area contributed by atoms with E-state index in [1.54, 1.807) is 6.92 Å². The van der Waals surface area contributed by atoms with Crippen molar-refractivity contribution < 1.29 is 42.7 Å². The minimum atomic E-state index is -0.985. The second kappa shape index (κ2) is 12.9. The summed E-state index contributed by atoms with van der Waals surface area (Å²) in [6.07, 6.45) is -2.17. The number of fused-ring (bicyclic) bond motifs is 1. The number of hydrogen-bond acceptors (Lipinski definition) is 10. The molecular weight excluding hydrogens is 542 g/mol. The van der Waals surface area contributed by atoms with E-state index in [-0.39, 0.29) is 61.0 Å². The van der Waals surface area contributed by atoms with E-state index in [0.29, 0.717) is 12.1 Å². The lowest BCUT2D eigenvalue weighted by atomic mass is 10.1. The van der Waals surface area contributed by atoms with E-state index in [9.17, 15) is 23.8 Å². The monoisotopic (exact) mass is 570 g/mol. The molecule has 0 saturated carbocycles. The van der Waals surface area contributed by atoms with Crippen molar-refractivity contribution in [2.24, 2.45) is 4.99 Å². The SMILES string of the molecule is C=Nc1nc(OCc2c(F)cc(C(=O)NCCC(C)O)cc2F)c(Cl)cc1NCO[C@@H]1COC2[C@H](O)CO[C@@H]21. The molecule has 1 amide bonds. The molecule has 2 saturated heterocycles. The Kier molecular flexibility index (Phi) is 9.64.